The first-order valence-corrected chi connectivity index (χ1v) is 3.54. The summed E-state index contributed by atoms with van der Waals surface area (Å²) in [5, 5.41) is 8.39. The van der Waals surface area contributed by atoms with Crippen molar-refractivity contribution in [2.75, 3.05) is 6.54 Å². The minimum atomic E-state index is -1.07. The molecule has 1 heterocycles. The highest BCUT2D eigenvalue weighted by Crippen LogP contribution is 1.96. The summed E-state index contributed by atoms with van der Waals surface area (Å²) in [4.78, 5) is 28.1. The number of nitrogens with one attached hydrogen (secondary N) is 1. The zero-order chi connectivity index (χ0) is 9.68. The lowest BCUT2D eigenvalue weighted by Gasteiger charge is -2.10. The Kier molecular flexibility index (Phi) is 3.02. The normalized spacial score (nSPS) is 9.54. The molecule has 69 valence electrons. The number of aliphatic carboxylic acids is 1. The molecule has 1 radical (unpaired) electrons. The third-order valence-corrected chi connectivity index (χ3v) is 1.36. The van der Waals surface area contributed by atoms with Gasteiger partial charge in [0.1, 0.15) is 6.54 Å². The van der Waals surface area contributed by atoms with Crippen molar-refractivity contribution in [3.8, 4) is 0 Å². The molecule has 1 amide bonds. The van der Waals surface area contributed by atoms with Crippen molar-refractivity contribution in [3.05, 3.63) is 18.2 Å². The lowest BCUT2D eigenvalue weighted by Crippen LogP contribution is -2.27. The molecule has 1 aromatic heterocycles. The smallest absolute Gasteiger partial charge is 0.323 e. The molecule has 1 aromatic rings. The monoisotopic (exact) mass is 182 g/mol. The molecule has 0 spiro atoms. The highest BCUT2D eigenvalue weighted by Gasteiger charge is 2.09. The minimum Gasteiger partial charge on any atom is -0.480 e. The van der Waals surface area contributed by atoms with Crippen molar-refractivity contribution in [2.45, 2.75) is 6.54 Å². The largest absolute Gasteiger partial charge is 0.480 e. The van der Waals surface area contributed by atoms with E-state index in [-0.39, 0.29) is 13.1 Å². The molecule has 0 unspecified atom stereocenters. The lowest BCUT2D eigenvalue weighted by atomic mass is 10.4. The third kappa shape index (κ3) is 2.94. The van der Waals surface area contributed by atoms with Crippen molar-refractivity contribution in [3.63, 3.8) is 0 Å². The number of imidazole rings is 1. The summed E-state index contributed by atoms with van der Waals surface area (Å²) in [6.45, 7) is -0.213. The van der Waals surface area contributed by atoms with E-state index >= 15 is 0 Å². The molecule has 0 saturated heterocycles. The van der Waals surface area contributed by atoms with Gasteiger partial charge in [-0.15, -0.1) is 0 Å². The van der Waals surface area contributed by atoms with Crippen LogP contribution >= 0.6 is 0 Å². The Morgan fingerprint density at radius 3 is 3.00 bits per heavy atom. The number of carbonyl (C=O) groups excluding carboxylic acids is 1. The van der Waals surface area contributed by atoms with Crippen LogP contribution in [-0.2, 0) is 16.1 Å². The van der Waals surface area contributed by atoms with Gasteiger partial charge < -0.3 is 15.0 Å². The van der Waals surface area contributed by atoms with E-state index in [1.54, 1.807) is 6.20 Å². The number of aromatic amines is 1. The molecule has 0 saturated carbocycles. The number of aromatic nitrogens is 2. The van der Waals surface area contributed by atoms with E-state index in [2.05, 4.69) is 9.97 Å². The number of carboxylic acid groups (broad SMARTS) is 1. The first-order valence-electron chi connectivity index (χ1n) is 3.54. The van der Waals surface area contributed by atoms with E-state index in [1.165, 1.54) is 12.7 Å². The van der Waals surface area contributed by atoms with E-state index in [0.717, 1.165) is 4.90 Å². The van der Waals surface area contributed by atoms with Gasteiger partial charge in [0, 0.05) is 6.20 Å². The van der Waals surface area contributed by atoms with E-state index in [0.29, 0.717) is 5.69 Å². The molecule has 1 rings (SSSR count). The van der Waals surface area contributed by atoms with Crippen LogP contribution in [0.25, 0.3) is 0 Å². The molecule has 0 aliphatic rings. The van der Waals surface area contributed by atoms with Crippen LogP contribution in [0.15, 0.2) is 12.5 Å². The Bertz CT molecular complexity index is 283. The Morgan fingerprint density at radius 1 is 1.77 bits per heavy atom. The number of carbonyl (C=O) groups is 1. The van der Waals surface area contributed by atoms with Gasteiger partial charge in [0.2, 0.25) is 0 Å². The van der Waals surface area contributed by atoms with Gasteiger partial charge in [0.05, 0.1) is 18.6 Å². The topological polar surface area (TPSA) is 86.3 Å². The highest BCUT2D eigenvalue weighted by atomic mass is 16.4. The zero-order valence-electron chi connectivity index (χ0n) is 6.73. The quantitative estimate of drug-likeness (QED) is 0.593. The molecule has 2 N–H and O–H groups in total. The van der Waals surface area contributed by atoms with Gasteiger partial charge in [0.15, 0.2) is 0 Å². The first kappa shape index (κ1) is 9.24. The van der Waals surface area contributed by atoms with Gasteiger partial charge in [-0.25, -0.2) is 4.98 Å². The predicted octanol–water partition coefficient (Wildman–Crippen LogP) is -0.637. The second-order valence-corrected chi connectivity index (χ2v) is 2.40. The molecule has 0 aliphatic heterocycles. The zero-order valence-corrected chi connectivity index (χ0v) is 6.73. The summed E-state index contributed by atoms with van der Waals surface area (Å²) in [5.74, 6) is -1.07. The molecule has 0 bridgehead atoms. The fraction of sp³-hybridized carbons (Fsp3) is 0.286. The Hall–Kier alpha value is -1.85. The molecule has 13 heavy (non-hydrogen) atoms. The molecule has 0 fully saturated rings. The average molecular weight is 182 g/mol. The molecule has 0 aromatic carbocycles. The third-order valence-electron chi connectivity index (χ3n) is 1.36. The minimum absolute atomic E-state index is 0.152. The maximum atomic E-state index is 10.3. The van der Waals surface area contributed by atoms with Crippen molar-refractivity contribution in [1.82, 2.24) is 14.9 Å². The van der Waals surface area contributed by atoms with Crippen molar-refractivity contribution < 1.29 is 14.7 Å². The summed E-state index contributed by atoms with van der Waals surface area (Å²) in [5.41, 5.74) is 0.601. The van der Waals surface area contributed by atoms with Crippen LogP contribution in [0.1, 0.15) is 5.69 Å². The van der Waals surface area contributed by atoms with Crippen LogP contribution < -0.4 is 0 Å². The molecule has 0 aliphatic carbocycles. The lowest BCUT2D eigenvalue weighted by molar-refractivity contribution is -0.137. The average Bonchev–Trinajstić information content (AvgIpc) is 2.55. The predicted molar refractivity (Wildman–Crippen MR) is 42.3 cm³/mol. The summed E-state index contributed by atoms with van der Waals surface area (Å²) >= 11 is 0. The SMILES string of the molecule is O=[C]N(CC(=O)O)Cc1c[nH]cn1. The summed E-state index contributed by atoms with van der Waals surface area (Å²) in [6.07, 6.45) is 4.57. The van der Waals surface area contributed by atoms with Gasteiger partial charge >= 0.3 is 12.4 Å². The first-order chi connectivity index (χ1) is 6.22. The number of hydrogen-bond acceptors (Lipinski definition) is 3. The van der Waals surface area contributed by atoms with Crippen LogP contribution in [0, 0.1) is 0 Å². The summed E-state index contributed by atoms with van der Waals surface area (Å²) in [6, 6.07) is 0. The van der Waals surface area contributed by atoms with E-state index in [4.69, 9.17) is 5.11 Å². The molecular weight excluding hydrogens is 174 g/mol. The van der Waals surface area contributed by atoms with Gasteiger partial charge in [-0.2, -0.15) is 0 Å². The van der Waals surface area contributed by atoms with Crippen molar-refractivity contribution in [1.29, 1.82) is 0 Å². The number of hydrogen-bond donors (Lipinski definition) is 2. The van der Waals surface area contributed by atoms with Crippen LogP contribution in [0.4, 0.5) is 0 Å². The Morgan fingerprint density at radius 2 is 2.54 bits per heavy atom. The van der Waals surface area contributed by atoms with E-state index in [9.17, 15) is 9.59 Å². The summed E-state index contributed by atoms with van der Waals surface area (Å²) in [7, 11) is 0. The maximum absolute atomic E-state index is 10.3. The molecule has 6 heteroatoms. The highest BCUT2D eigenvalue weighted by molar-refractivity contribution is 5.72. The van der Waals surface area contributed by atoms with E-state index < -0.39 is 5.97 Å². The number of rotatable bonds is 5. The van der Waals surface area contributed by atoms with E-state index in [1.807, 2.05) is 0 Å². The van der Waals surface area contributed by atoms with Gasteiger partial charge in [0.25, 0.3) is 0 Å². The number of carboxylic acids is 1. The number of H-pyrrole nitrogens is 1. The van der Waals surface area contributed by atoms with Gasteiger partial charge in [-0.3, -0.25) is 9.59 Å². The molecular formula is C7H8N3O3. The van der Waals surface area contributed by atoms with Crippen molar-refractivity contribution >= 4 is 12.4 Å². The second-order valence-electron chi connectivity index (χ2n) is 2.40. The Labute approximate surface area is 74.2 Å². The van der Waals surface area contributed by atoms with Crippen LogP contribution in [-0.4, -0.2) is 38.9 Å². The second kappa shape index (κ2) is 4.24. The molecule has 0 atom stereocenters. The van der Waals surface area contributed by atoms with Gasteiger partial charge in [-0.1, -0.05) is 0 Å². The number of nitrogens with zero attached hydrogens (tertiary/aromatic N) is 2. The van der Waals surface area contributed by atoms with Crippen LogP contribution in [0.3, 0.4) is 0 Å². The molecule has 6 nitrogen and oxygen atoms in total. The van der Waals surface area contributed by atoms with Crippen LogP contribution in [0.5, 0.6) is 0 Å². The fourth-order valence-electron chi connectivity index (χ4n) is 0.857. The maximum Gasteiger partial charge on any atom is 0.323 e. The number of amides is 1. The fourth-order valence-corrected chi connectivity index (χ4v) is 0.857. The standard InChI is InChI=1S/C7H8N3O3/c11-5-10(3-7(12)13)2-6-1-8-4-9-6/h1,4H,2-3H2,(H,8,9)(H,12,13). The summed E-state index contributed by atoms with van der Waals surface area (Å²) < 4.78 is 0. The van der Waals surface area contributed by atoms with Crippen LogP contribution in [0.2, 0.25) is 0 Å². The Balaban J connectivity index is 2.49. The van der Waals surface area contributed by atoms with Gasteiger partial charge in [-0.05, 0) is 0 Å². The van der Waals surface area contributed by atoms with Crippen molar-refractivity contribution in [2.24, 2.45) is 0 Å².